The minimum absolute atomic E-state index is 0.00743. The van der Waals surface area contributed by atoms with Crippen LogP contribution in [0.1, 0.15) is 43.9 Å². The Balaban J connectivity index is 1.58. The predicted molar refractivity (Wildman–Crippen MR) is 147 cm³/mol. The van der Waals surface area contributed by atoms with E-state index in [1.807, 2.05) is 12.1 Å². The third kappa shape index (κ3) is 5.28. The Morgan fingerprint density at radius 3 is 2.36 bits per heavy atom. The lowest BCUT2D eigenvalue weighted by Crippen LogP contribution is -2.19. The Kier molecular flexibility index (Phi) is 6.96. The molecule has 0 spiro atoms. The smallest absolute Gasteiger partial charge is 0.159 e. The van der Waals surface area contributed by atoms with Crippen molar-refractivity contribution in [2.75, 3.05) is 5.32 Å². The fourth-order valence-corrected chi connectivity index (χ4v) is 4.43. The minimum atomic E-state index is -1.25. The fraction of sp³-hybridized carbons (Fsp3) is 0.207. The summed E-state index contributed by atoms with van der Waals surface area (Å²) in [4.78, 5) is 21.4. The van der Waals surface area contributed by atoms with Crippen molar-refractivity contribution in [3.8, 4) is 22.4 Å². The Hall–Kier alpha value is -4.08. The molecule has 0 fully saturated rings. The van der Waals surface area contributed by atoms with Crippen molar-refractivity contribution in [2.24, 2.45) is 0 Å². The Labute approximate surface area is 229 Å². The first-order chi connectivity index (χ1) is 18.5. The fourth-order valence-electron chi connectivity index (χ4n) is 4.25. The van der Waals surface area contributed by atoms with E-state index in [1.54, 1.807) is 52.2 Å². The van der Waals surface area contributed by atoms with Crippen LogP contribution in [0.3, 0.4) is 0 Å². The summed E-state index contributed by atoms with van der Waals surface area (Å²) in [6.07, 6.45) is 6.18. The number of halogens is 3. The van der Waals surface area contributed by atoms with Gasteiger partial charge in [0.1, 0.15) is 22.6 Å². The number of pyridine rings is 3. The van der Waals surface area contributed by atoms with Gasteiger partial charge in [0.25, 0.3) is 0 Å². The van der Waals surface area contributed by atoms with E-state index in [0.717, 1.165) is 11.1 Å². The Bertz CT molecular complexity index is 1670. The maximum absolute atomic E-state index is 15.2. The lowest BCUT2D eigenvalue weighted by Gasteiger charge is -2.20. The van der Waals surface area contributed by atoms with Crippen LogP contribution in [0.5, 0.6) is 0 Å². The average molecular weight is 547 g/mol. The van der Waals surface area contributed by atoms with Gasteiger partial charge in [-0.25, -0.2) is 28.7 Å². The summed E-state index contributed by atoms with van der Waals surface area (Å²) in [7, 11) is 0. The molecule has 0 bridgehead atoms. The monoisotopic (exact) mass is 546 g/mol. The maximum atomic E-state index is 15.2. The normalized spacial score (nSPS) is 12.5. The van der Waals surface area contributed by atoms with Gasteiger partial charge in [0.2, 0.25) is 0 Å². The van der Waals surface area contributed by atoms with Crippen LogP contribution in [0.4, 0.5) is 14.5 Å². The number of aromatic nitrogens is 5. The zero-order valence-corrected chi connectivity index (χ0v) is 22.4. The van der Waals surface area contributed by atoms with Crippen molar-refractivity contribution in [1.29, 1.82) is 0 Å². The van der Waals surface area contributed by atoms with Crippen LogP contribution in [-0.4, -0.2) is 30.0 Å². The topological polar surface area (TPSA) is 96.7 Å². The van der Waals surface area contributed by atoms with E-state index in [9.17, 15) is 9.50 Å². The van der Waals surface area contributed by atoms with Gasteiger partial charge in [0.05, 0.1) is 28.0 Å². The van der Waals surface area contributed by atoms with Gasteiger partial charge in [0.15, 0.2) is 11.6 Å². The van der Waals surface area contributed by atoms with Crippen molar-refractivity contribution in [1.82, 2.24) is 24.9 Å². The van der Waals surface area contributed by atoms with Crippen LogP contribution in [-0.2, 0) is 5.60 Å². The van der Waals surface area contributed by atoms with E-state index >= 15 is 4.39 Å². The number of fused-ring (bicyclic) bond motifs is 1. The molecular formula is C29H25ClF2N6O. The highest BCUT2D eigenvalue weighted by molar-refractivity contribution is 6.35. The minimum Gasteiger partial charge on any atom is -0.382 e. The summed E-state index contributed by atoms with van der Waals surface area (Å²) in [6.45, 7) is 6.62. The first kappa shape index (κ1) is 26.5. The molecule has 2 N–H and O–H groups in total. The number of nitrogens with zero attached hydrogens (tertiary/aromatic N) is 5. The molecule has 5 aromatic rings. The molecule has 5 rings (SSSR count). The third-order valence-electron chi connectivity index (χ3n) is 6.31. The van der Waals surface area contributed by atoms with E-state index in [0.29, 0.717) is 28.0 Å². The molecule has 0 unspecified atom stereocenters. The highest BCUT2D eigenvalue weighted by atomic mass is 35.5. The highest BCUT2D eigenvalue weighted by Gasteiger charge is 2.22. The molecule has 4 heterocycles. The quantitative estimate of drug-likeness (QED) is 0.242. The van der Waals surface area contributed by atoms with Crippen molar-refractivity contribution < 1.29 is 13.9 Å². The van der Waals surface area contributed by atoms with Crippen molar-refractivity contribution in [2.45, 2.75) is 39.3 Å². The third-order valence-corrected chi connectivity index (χ3v) is 6.77. The molecule has 0 saturated heterocycles. The summed E-state index contributed by atoms with van der Waals surface area (Å²) in [6, 6.07) is 9.32. The highest BCUT2D eigenvalue weighted by Crippen LogP contribution is 2.37. The number of hydrogen-bond donors (Lipinski definition) is 2. The number of benzene rings is 1. The van der Waals surface area contributed by atoms with E-state index in [4.69, 9.17) is 11.6 Å². The van der Waals surface area contributed by atoms with Crippen molar-refractivity contribution >= 4 is 28.3 Å². The zero-order chi connectivity index (χ0) is 27.9. The molecular weight excluding hydrogens is 522 g/mol. The Morgan fingerprint density at radius 1 is 0.949 bits per heavy atom. The first-order valence-corrected chi connectivity index (χ1v) is 12.6. The SMILES string of the molecule is Cc1nc2cc(F)c(-c3cnc(C(C)(C)O)nc3)nc2c(N[C@H](C)c2cc(-c3cccnc3)ccc2F)c1Cl. The van der Waals surface area contributed by atoms with Gasteiger partial charge in [0, 0.05) is 47.5 Å². The molecule has 198 valence electrons. The first-order valence-electron chi connectivity index (χ1n) is 12.2. The Morgan fingerprint density at radius 2 is 1.69 bits per heavy atom. The second-order valence-electron chi connectivity index (χ2n) is 9.77. The number of nitrogens with one attached hydrogen (secondary N) is 1. The molecule has 1 atom stereocenters. The standard InChI is InChI=1S/C29H25ClF2N6O/c1-15(20-10-17(7-8-21(20)31)18-6-5-9-33-12-18)37-27-24(30)16(2)36-23-11-22(32)25(38-26(23)27)19-13-34-28(35-14-19)29(3,4)39/h5-15,39H,1-4H3,(H,36,37)/t15-/m1/s1. The van der Waals surface area contributed by atoms with Gasteiger partial charge in [-0.3, -0.25) is 4.98 Å². The average Bonchev–Trinajstić information content (AvgIpc) is 2.91. The number of anilines is 1. The van der Waals surface area contributed by atoms with Gasteiger partial charge in [-0.15, -0.1) is 0 Å². The predicted octanol–water partition coefficient (Wildman–Crippen LogP) is 6.79. The molecule has 4 aromatic heterocycles. The van der Waals surface area contributed by atoms with Crippen molar-refractivity contribution in [3.63, 3.8) is 0 Å². The molecule has 1 aromatic carbocycles. The van der Waals surface area contributed by atoms with Crippen LogP contribution in [0.15, 0.2) is 61.2 Å². The molecule has 0 radical (unpaired) electrons. The maximum Gasteiger partial charge on any atom is 0.159 e. The van der Waals surface area contributed by atoms with Gasteiger partial charge < -0.3 is 10.4 Å². The summed E-state index contributed by atoms with van der Waals surface area (Å²) < 4.78 is 30.2. The van der Waals surface area contributed by atoms with Gasteiger partial charge in [-0.05, 0) is 51.5 Å². The van der Waals surface area contributed by atoms with Crippen LogP contribution < -0.4 is 5.32 Å². The van der Waals surface area contributed by atoms with E-state index in [-0.39, 0.29) is 22.1 Å². The largest absolute Gasteiger partial charge is 0.382 e. The summed E-state index contributed by atoms with van der Waals surface area (Å²) in [5, 5.41) is 13.7. The van der Waals surface area contributed by atoms with Crippen LogP contribution in [0.25, 0.3) is 33.4 Å². The van der Waals surface area contributed by atoms with Crippen LogP contribution in [0.2, 0.25) is 5.02 Å². The van der Waals surface area contributed by atoms with Crippen molar-refractivity contribution in [3.05, 3.63) is 94.9 Å². The molecule has 0 aliphatic heterocycles. The van der Waals surface area contributed by atoms with Gasteiger partial charge >= 0.3 is 0 Å². The summed E-state index contributed by atoms with van der Waals surface area (Å²) in [5.41, 5.74) is 2.59. The van der Waals surface area contributed by atoms with Crippen LogP contribution in [0, 0.1) is 18.6 Å². The number of aryl methyl sites for hydroxylation is 1. The molecule has 0 aliphatic carbocycles. The summed E-state index contributed by atoms with van der Waals surface area (Å²) in [5.74, 6) is -0.817. The van der Waals surface area contributed by atoms with E-state index < -0.39 is 23.3 Å². The second kappa shape index (κ2) is 10.2. The number of rotatable bonds is 6. The second-order valence-corrected chi connectivity index (χ2v) is 10.1. The zero-order valence-electron chi connectivity index (χ0n) is 21.7. The molecule has 0 saturated carbocycles. The molecule has 10 heteroatoms. The van der Waals surface area contributed by atoms with E-state index in [1.165, 1.54) is 24.5 Å². The molecule has 0 aliphatic rings. The molecule has 0 amide bonds. The summed E-state index contributed by atoms with van der Waals surface area (Å²) >= 11 is 6.67. The number of hydrogen-bond acceptors (Lipinski definition) is 7. The van der Waals surface area contributed by atoms with Gasteiger partial charge in [-0.2, -0.15) is 0 Å². The lowest BCUT2D eigenvalue weighted by atomic mass is 10.00. The van der Waals surface area contributed by atoms with E-state index in [2.05, 4.69) is 30.2 Å². The van der Waals surface area contributed by atoms with Gasteiger partial charge in [-0.1, -0.05) is 23.7 Å². The molecule has 7 nitrogen and oxygen atoms in total. The number of aliphatic hydroxyl groups is 1. The van der Waals surface area contributed by atoms with Crippen LogP contribution >= 0.6 is 11.6 Å². The molecule has 39 heavy (non-hydrogen) atoms. The lowest BCUT2D eigenvalue weighted by molar-refractivity contribution is 0.0687.